The van der Waals surface area contributed by atoms with Gasteiger partial charge in [-0.25, -0.2) is 0 Å². The van der Waals surface area contributed by atoms with E-state index in [0.29, 0.717) is 19.6 Å². The summed E-state index contributed by atoms with van der Waals surface area (Å²) in [5, 5.41) is 9.21. The molecule has 0 aliphatic heterocycles. The van der Waals surface area contributed by atoms with Gasteiger partial charge in [0, 0.05) is 25.2 Å². The lowest BCUT2D eigenvalue weighted by Gasteiger charge is -2.16. The van der Waals surface area contributed by atoms with Gasteiger partial charge >= 0.3 is 0 Å². The van der Waals surface area contributed by atoms with Gasteiger partial charge in [-0.2, -0.15) is 0 Å². The maximum atomic E-state index is 11.9. The van der Waals surface area contributed by atoms with Crippen LogP contribution in [0.25, 0.3) is 6.08 Å². The van der Waals surface area contributed by atoms with Gasteiger partial charge in [0.15, 0.2) is 0 Å². The van der Waals surface area contributed by atoms with Crippen LogP contribution in [0.1, 0.15) is 25.8 Å². The summed E-state index contributed by atoms with van der Waals surface area (Å²) in [7, 11) is 1.73. The van der Waals surface area contributed by atoms with E-state index in [2.05, 4.69) is 0 Å². The predicted octanol–water partition coefficient (Wildman–Crippen LogP) is 2.33. The highest BCUT2D eigenvalue weighted by Crippen LogP contribution is 2.19. The first-order chi connectivity index (χ1) is 9.54. The maximum Gasteiger partial charge on any atom is 0.246 e. The smallest absolute Gasteiger partial charge is 0.246 e. The number of hydrogen-bond acceptors (Lipinski definition) is 3. The molecule has 1 N–H and O–H groups in total. The molecule has 110 valence electrons. The van der Waals surface area contributed by atoms with E-state index in [4.69, 9.17) is 4.74 Å². The van der Waals surface area contributed by atoms with E-state index in [0.717, 1.165) is 11.3 Å². The van der Waals surface area contributed by atoms with Crippen molar-refractivity contribution in [3.05, 3.63) is 35.9 Å². The van der Waals surface area contributed by atoms with Gasteiger partial charge in [-0.15, -0.1) is 0 Å². The molecule has 20 heavy (non-hydrogen) atoms. The van der Waals surface area contributed by atoms with Crippen molar-refractivity contribution in [2.45, 2.75) is 26.4 Å². The first-order valence-corrected chi connectivity index (χ1v) is 6.87. The fraction of sp³-hybridized carbons (Fsp3) is 0.438. The van der Waals surface area contributed by atoms with E-state index < -0.39 is 6.10 Å². The topological polar surface area (TPSA) is 49.8 Å². The molecule has 0 saturated carbocycles. The number of likely N-dealkylation sites (N-methyl/N-ethyl adjacent to an activating group) is 1. The van der Waals surface area contributed by atoms with Crippen LogP contribution in [0, 0.1) is 0 Å². The number of rotatable bonds is 7. The molecular weight excluding hydrogens is 254 g/mol. The van der Waals surface area contributed by atoms with Crippen molar-refractivity contribution in [2.24, 2.45) is 0 Å². The van der Waals surface area contributed by atoms with E-state index >= 15 is 0 Å². The van der Waals surface area contributed by atoms with E-state index in [-0.39, 0.29) is 5.91 Å². The Hall–Kier alpha value is -1.81. The Balaban J connectivity index is 2.65. The number of benzene rings is 1. The van der Waals surface area contributed by atoms with Crippen molar-refractivity contribution in [2.75, 3.05) is 20.2 Å². The molecule has 0 bridgehead atoms. The number of ether oxygens (including phenoxy) is 1. The highest BCUT2D eigenvalue weighted by atomic mass is 16.5. The first-order valence-electron chi connectivity index (χ1n) is 6.87. The lowest BCUT2D eigenvalue weighted by Crippen LogP contribution is -2.27. The summed E-state index contributed by atoms with van der Waals surface area (Å²) in [6.45, 7) is 4.77. The van der Waals surface area contributed by atoms with Crippen LogP contribution in [0.4, 0.5) is 0 Å². The largest absolute Gasteiger partial charge is 0.493 e. The molecule has 0 aliphatic rings. The van der Waals surface area contributed by atoms with Gasteiger partial charge < -0.3 is 14.7 Å². The average molecular weight is 277 g/mol. The Morgan fingerprint density at radius 3 is 2.80 bits per heavy atom. The normalized spacial score (nSPS) is 12.4. The maximum absolute atomic E-state index is 11.9. The monoisotopic (exact) mass is 277 g/mol. The summed E-state index contributed by atoms with van der Waals surface area (Å²) in [6.07, 6.45) is 3.46. The second kappa shape index (κ2) is 8.38. The first kappa shape index (κ1) is 16.2. The molecule has 1 aromatic rings. The molecule has 0 fully saturated rings. The molecule has 4 heteroatoms. The lowest BCUT2D eigenvalue weighted by atomic mass is 10.2. The minimum absolute atomic E-state index is 0.0862. The van der Waals surface area contributed by atoms with E-state index in [1.165, 1.54) is 6.08 Å². The molecule has 0 heterocycles. The zero-order valence-electron chi connectivity index (χ0n) is 12.4. The van der Waals surface area contributed by atoms with E-state index in [9.17, 15) is 9.90 Å². The van der Waals surface area contributed by atoms with Gasteiger partial charge in [-0.05, 0) is 32.4 Å². The summed E-state index contributed by atoms with van der Waals surface area (Å²) >= 11 is 0. The van der Waals surface area contributed by atoms with Crippen molar-refractivity contribution < 1.29 is 14.6 Å². The SMILES string of the molecule is CCOc1ccccc1/C=C/C(=O)N(C)CCC(C)O. The number of aliphatic hydroxyl groups is 1. The molecule has 1 amide bonds. The predicted molar refractivity (Wildman–Crippen MR) is 80.6 cm³/mol. The zero-order valence-corrected chi connectivity index (χ0v) is 12.4. The Labute approximate surface area is 120 Å². The molecule has 0 saturated heterocycles. The molecule has 4 nitrogen and oxygen atoms in total. The Kier molecular flexibility index (Phi) is 6.81. The van der Waals surface area contributed by atoms with Gasteiger partial charge in [-0.3, -0.25) is 4.79 Å². The van der Waals surface area contributed by atoms with Gasteiger partial charge in [-0.1, -0.05) is 18.2 Å². The molecule has 1 aromatic carbocycles. The number of nitrogens with zero attached hydrogens (tertiary/aromatic N) is 1. The van der Waals surface area contributed by atoms with Crippen LogP contribution in [0.3, 0.4) is 0 Å². The third kappa shape index (κ3) is 5.45. The van der Waals surface area contributed by atoms with Crippen LogP contribution in [0.15, 0.2) is 30.3 Å². The van der Waals surface area contributed by atoms with E-state index in [1.807, 2.05) is 31.2 Å². The van der Waals surface area contributed by atoms with Crippen LogP contribution in [0.5, 0.6) is 5.75 Å². The van der Waals surface area contributed by atoms with Crippen molar-refractivity contribution in [3.8, 4) is 5.75 Å². The van der Waals surface area contributed by atoms with Crippen LogP contribution in [-0.2, 0) is 4.79 Å². The van der Waals surface area contributed by atoms with Gasteiger partial charge in [0.25, 0.3) is 0 Å². The molecule has 1 unspecified atom stereocenters. The molecule has 0 aromatic heterocycles. The molecule has 0 aliphatic carbocycles. The fourth-order valence-corrected chi connectivity index (χ4v) is 1.68. The minimum Gasteiger partial charge on any atom is -0.493 e. The second-order valence-electron chi connectivity index (χ2n) is 4.70. The average Bonchev–Trinajstić information content (AvgIpc) is 2.43. The fourth-order valence-electron chi connectivity index (χ4n) is 1.68. The third-order valence-corrected chi connectivity index (χ3v) is 2.88. The quantitative estimate of drug-likeness (QED) is 0.778. The van der Waals surface area contributed by atoms with Crippen LogP contribution >= 0.6 is 0 Å². The summed E-state index contributed by atoms with van der Waals surface area (Å²) in [5.74, 6) is 0.683. The van der Waals surface area contributed by atoms with Crippen LogP contribution in [0.2, 0.25) is 0 Å². The Morgan fingerprint density at radius 1 is 1.45 bits per heavy atom. The molecular formula is C16H23NO3. The van der Waals surface area contributed by atoms with Crippen molar-refractivity contribution in [3.63, 3.8) is 0 Å². The molecule has 0 spiro atoms. The lowest BCUT2D eigenvalue weighted by molar-refractivity contribution is -0.124. The number of aliphatic hydroxyl groups excluding tert-OH is 1. The zero-order chi connectivity index (χ0) is 15.0. The van der Waals surface area contributed by atoms with Crippen molar-refractivity contribution >= 4 is 12.0 Å². The summed E-state index contributed by atoms with van der Waals surface area (Å²) in [6, 6.07) is 7.60. The minimum atomic E-state index is -0.395. The number of carbonyl (C=O) groups excluding carboxylic acids is 1. The second-order valence-corrected chi connectivity index (χ2v) is 4.70. The van der Waals surface area contributed by atoms with Crippen LogP contribution in [-0.4, -0.2) is 42.2 Å². The number of hydrogen-bond donors (Lipinski definition) is 1. The number of carbonyl (C=O) groups is 1. The molecule has 1 atom stereocenters. The van der Waals surface area contributed by atoms with Crippen molar-refractivity contribution in [1.82, 2.24) is 4.90 Å². The molecule has 0 radical (unpaired) electrons. The standard InChI is InChI=1S/C16H23NO3/c1-4-20-15-8-6-5-7-14(15)9-10-16(19)17(3)12-11-13(2)18/h5-10,13,18H,4,11-12H2,1-3H3/b10-9+. The summed E-state index contributed by atoms with van der Waals surface area (Å²) in [4.78, 5) is 13.5. The van der Waals surface area contributed by atoms with Gasteiger partial charge in [0.05, 0.1) is 12.7 Å². The van der Waals surface area contributed by atoms with Gasteiger partial charge in [0.1, 0.15) is 5.75 Å². The van der Waals surface area contributed by atoms with Gasteiger partial charge in [0.2, 0.25) is 5.91 Å². The molecule has 1 rings (SSSR count). The summed E-state index contributed by atoms with van der Waals surface area (Å²) in [5.41, 5.74) is 0.881. The Bertz CT molecular complexity index is 455. The Morgan fingerprint density at radius 2 is 2.15 bits per heavy atom. The van der Waals surface area contributed by atoms with Crippen molar-refractivity contribution in [1.29, 1.82) is 0 Å². The third-order valence-electron chi connectivity index (χ3n) is 2.88. The van der Waals surface area contributed by atoms with Crippen LogP contribution < -0.4 is 4.74 Å². The van der Waals surface area contributed by atoms with E-state index in [1.54, 1.807) is 24.9 Å². The highest BCUT2D eigenvalue weighted by Gasteiger charge is 2.06. The summed E-state index contributed by atoms with van der Waals surface area (Å²) < 4.78 is 5.50. The number of para-hydroxylation sites is 1. The highest BCUT2D eigenvalue weighted by molar-refractivity contribution is 5.92. The number of amides is 1.